The summed E-state index contributed by atoms with van der Waals surface area (Å²) in [6.07, 6.45) is 4.94. The van der Waals surface area contributed by atoms with Crippen molar-refractivity contribution in [2.24, 2.45) is 0 Å². The maximum atomic E-state index is 4.21. The highest BCUT2D eigenvalue weighted by Crippen LogP contribution is 2.13. The van der Waals surface area contributed by atoms with Crippen LogP contribution < -0.4 is 5.32 Å². The minimum Gasteiger partial charge on any atom is -0.314 e. The standard InChI is InChI=1S/C9H16N4.ClH/c1-10-7-9-12-11-8-5-3-2-4-6-13(8)9;/h10H,2-7H2,1H3;1H. The Balaban J connectivity index is 0.000000980. The van der Waals surface area contributed by atoms with E-state index in [0.717, 1.165) is 25.3 Å². The Bertz CT molecular complexity index is 284. The van der Waals surface area contributed by atoms with Gasteiger partial charge in [0.25, 0.3) is 0 Å². The number of nitrogens with zero attached hydrogens (tertiary/aromatic N) is 3. The van der Waals surface area contributed by atoms with Gasteiger partial charge in [0.05, 0.1) is 6.54 Å². The molecule has 0 aromatic carbocycles. The Hall–Kier alpha value is -0.610. The second-order valence-corrected chi connectivity index (χ2v) is 3.53. The van der Waals surface area contributed by atoms with Crippen molar-refractivity contribution in [3.05, 3.63) is 11.6 Å². The summed E-state index contributed by atoms with van der Waals surface area (Å²) in [4.78, 5) is 0. The molecular weight excluding hydrogens is 200 g/mol. The Morgan fingerprint density at radius 2 is 2.14 bits per heavy atom. The molecule has 0 saturated carbocycles. The third kappa shape index (κ3) is 2.25. The molecule has 2 rings (SSSR count). The molecule has 1 aromatic heterocycles. The number of hydrogen-bond donors (Lipinski definition) is 1. The smallest absolute Gasteiger partial charge is 0.146 e. The third-order valence-electron chi connectivity index (χ3n) is 2.52. The summed E-state index contributed by atoms with van der Waals surface area (Å²) in [6.45, 7) is 1.92. The summed E-state index contributed by atoms with van der Waals surface area (Å²) in [5.74, 6) is 2.25. The molecule has 0 spiro atoms. The highest BCUT2D eigenvalue weighted by molar-refractivity contribution is 5.85. The summed E-state index contributed by atoms with van der Waals surface area (Å²) < 4.78 is 2.27. The van der Waals surface area contributed by atoms with Gasteiger partial charge in [0, 0.05) is 13.0 Å². The third-order valence-corrected chi connectivity index (χ3v) is 2.52. The van der Waals surface area contributed by atoms with E-state index in [4.69, 9.17) is 0 Å². The van der Waals surface area contributed by atoms with Crippen LogP contribution in [0.3, 0.4) is 0 Å². The molecule has 0 saturated heterocycles. The first-order valence-electron chi connectivity index (χ1n) is 4.97. The van der Waals surface area contributed by atoms with Gasteiger partial charge in [-0.1, -0.05) is 6.42 Å². The van der Waals surface area contributed by atoms with Crippen molar-refractivity contribution in [2.75, 3.05) is 7.05 Å². The van der Waals surface area contributed by atoms with Gasteiger partial charge in [-0.3, -0.25) is 0 Å². The van der Waals surface area contributed by atoms with E-state index in [9.17, 15) is 0 Å². The zero-order chi connectivity index (χ0) is 9.10. The fourth-order valence-electron chi connectivity index (χ4n) is 1.83. The van der Waals surface area contributed by atoms with E-state index in [-0.39, 0.29) is 12.4 Å². The molecule has 0 fully saturated rings. The van der Waals surface area contributed by atoms with Gasteiger partial charge >= 0.3 is 0 Å². The molecule has 5 heteroatoms. The number of rotatable bonds is 2. The largest absolute Gasteiger partial charge is 0.314 e. The molecule has 0 aliphatic carbocycles. The van der Waals surface area contributed by atoms with Crippen molar-refractivity contribution in [2.45, 2.75) is 38.8 Å². The number of hydrogen-bond acceptors (Lipinski definition) is 3. The fraction of sp³-hybridized carbons (Fsp3) is 0.778. The van der Waals surface area contributed by atoms with E-state index in [1.807, 2.05) is 7.05 Å². The van der Waals surface area contributed by atoms with Crippen LogP contribution in [0.5, 0.6) is 0 Å². The van der Waals surface area contributed by atoms with Crippen molar-refractivity contribution in [1.82, 2.24) is 20.1 Å². The zero-order valence-electron chi connectivity index (χ0n) is 8.49. The fourth-order valence-corrected chi connectivity index (χ4v) is 1.83. The van der Waals surface area contributed by atoms with Crippen molar-refractivity contribution < 1.29 is 0 Å². The number of aryl methyl sites for hydroxylation is 1. The van der Waals surface area contributed by atoms with E-state index < -0.39 is 0 Å². The lowest BCUT2D eigenvalue weighted by Gasteiger charge is -2.05. The molecule has 80 valence electrons. The van der Waals surface area contributed by atoms with Crippen molar-refractivity contribution in [1.29, 1.82) is 0 Å². The summed E-state index contributed by atoms with van der Waals surface area (Å²) in [5, 5.41) is 11.5. The van der Waals surface area contributed by atoms with E-state index >= 15 is 0 Å². The van der Waals surface area contributed by atoms with E-state index in [0.29, 0.717) is 0 Å². The molecule has 1 aliphatic rings. The molecule has 0 unspecified atom stereocenters. The summed E-state index contributed by atoms with van der Waals surface area (Å²) in [7, 11) is 1.94. The Labute approximate surface area is 90.5 Å². The summed E-state index contributed by atoms with van der Waals surface area (Å²) in [5.41, 5.74) is 0. The minimum atomic E-state index is 0. The van der Waals surface area contributed by atoms with Crippen LogP contribution in [0.15, 0.2) is 0 Å². The predicted molar refractivity (Wildman–Crippen MR) is 57.6 cm³/mol. The number of nitrogens with one attached hydrogen (secondary N) is 1. The maximum absolute atomic E-state index is 4.21. The second-order valence-electron chi connectivity index (χ2n) is 3.53. The van der Waals surface area contributed by atoms with Crippen LogP contribution in [-0.2, 0) is 19.5 Å². The molecule has 0 amide bonds. The first-order chi connectivity index (χ1) is 6.42. The Kier molecular flexibility index (Phi) is 4.35. The number of aromatic nitrogens is 3. The Morgan fingerprint density at radius 1 is 1.29 bits per heavy atom. The molecule has 0 bridgehead atoms. The molecular formula is C9H17ClN4. The zero-order valence-corrected chi connectivity index (χ0v) is 9.31. The summed E-state index contributed by atoms with van der Waals surface area (Å²) >= 11 is 0. The van der Waals surface area contributed by atoms with Crippen LogP contribution in [0.4, 0.5) is 0 Å². The molecule has 4 nitrogen and oxygen atoms in total. The lowest BCUT2D eigenvalue weighted by Crippen LogP contribution is -2.13. The Morgan fingerprint density at radius 3 is 2.93 bits per heavy atom. The predicted octanol–water partition coefficient (Wildman–Crippen LogP) is 1.15. The lowest BCUT2D eigenvalue weighted by molar-refractivity contribution is 0.591. The average Bonchev–Trinajstić information content (AvgIpc) is 2.38. The second kappa shape index (κ2) is 5.32. The van der Waals surface area contributed by atoms with Crippen LogP contribution in [-0.4, -0.2) is 21.8 Å². The van der Waals surface area contributed by atoms with Crippen LogP contribution in [0.25, 0.3) is 0 Å². The first kappa shape index (κ1) is 11.5. The van der Waals surface area contributed by atoms with Gasteiger partial charge in [0.2, 0.25) is 0 Å². The van der Waals surface area contributed by atoms with Gasteiger partial charge in [0.15, 0.2) is 0 Å². The van der Waals surface area contributed by atoms with E-state index in [1.54, 1.807) is 0 Å². The average molecular weight is 217 g/mol. The van der Waals surface area contributed by atoms with E-state index in [1.165, 1.54) is 25.1 Å². The van der Waals surface area contributed by atoms with Gasteiger partial charge in [-0.05, 0) is 19.9 Å². The molecule has 1 aliphatic heterocycles. The number of halogens is 1. The van der Waals surface area contributed by atoms with Crippen LogP contribution >= 0.6 is 12.4 Å². The van der Waals surface area contributed by atoms with Crippen LogP contribution in [0.2, 0.25) is 0 Å². The van der Waals surface area contributed by atoms with E-state index in [2.05, 4.69) is 20.1 Å². The highest BCUT2D eigenvalue weighted by Gasteiger charge is 2.13. The topological polar surface area (TPSA) is 42.7 Å². The van der Waals surface area contributed by atoms with Gasteiger partial charge in [-0.25, -0.2) is 0 Å². The summed E-state index contributed by atoms with van der Waals surface area (Å²) in [6, 6.07) is 0. The van der Waals surface area contributed by atoms with Crippen molar-refractivity contribution in [3.8, 4) is 0 Å². The quantitative estimate of drug-likeness (QED) is 0.807. The molecule has 0 atom stereocenters. The molecule has 2 heterocycles. The monoisotopic (exact) mass is 216 g/mol. The SMILES string of the molecule is CNCc1nnc2n1CCCCC2.Cl. The molecule has 1 aromatic rings. The first-order valence-corrected chi connectivity index (χ1v) is 4.97. The molecule has 0 radical (unpaired) electrons. The van der Waals surface area contributed by atoms with Crippen LogP contribution in [0, 0.1) is 0 Å². The van der Waals surface area contributed by atoms with Gasteiger partial charge in [-0.15, -0.1) is 22.6 Å². The minimum absolute atomic E-state index is 0. The maximum Gasteiger partial charge on any atom is 0.146 e. The number of fused-ring (bicyclic) bond motifs is 1. The van der Waals surface area contributed by atoms with Crippen LogP contribution in [0.1, 0.15) is 30.9 Å². The van der Waals surface area contributed by atoms with Gasteiger partial charge in [-0.2, -0.15) is 0 Å². The highest BCUT2D eigenvalue weighted by atomic mass is 35.5. The van der Waals surface area contributed by atoms with Crippen molar-refractivity contribution in [3.63, 3.8) is 0 Å². The molecule has 1 N–H and O–H groups in total. The van der Waals surface area contributed by atoms with Crippen molar-refractivity contribution >= 4 is 12.4 Å². The van der Waals surface area contributed by atoms with Gasteiger partial charge < -0.3 is 9.88 Å². The lowest BCUT2D eigenvalue weighted by atomic mass is 10.2. The normalized spacial score (nSPS) is 15.5. The molecule has 14 heavy (non-hydrogen) atoms. The van der Waals surface area contributed by atoms with Gasteiger partial charge in [0.1, 0.15) is 11.6 Å².